The lowest BCUT2D eigenvalue weighted by Crippen LogP contribution is -2.47. The van der Waals surface area contributed by atoms with Gasteiger partial charge in [-0.2, -0.15) is 0 Å². The molecule has 0 radical (unpaired) electrons. The molecule has 1 aromatic heterocycles. The van der Waals surface area contributed by atoms with Gasteiger partial charge < -0.3 is 30.5 Å². The SMILES string of the molecule is COC(=O)CNC(=O)c1ncc(N2CCN(CCOc3ccc(N)cc3)CC2)cc1O. The predicted octanol–water partition coefficient (Wildman–Crippen LogP) is 0.473. The van der Waals surface area contributed by atoms with Gasteiger partial charge in [0.2, 0.25) is 0 Å². The Bertz CT molecular complexity index is 898. The molecule has 2 heterocycles. The first-order chi connectivity index (χ1) is 15.0. The minimum atomic E-state index is -0.639. The molecule has 1 saturated heterocycles. The van der Waals surface area contributed by atoms with Gasteiger partial charge in [0.1, 0.15) is 24.7 Å². The second-order valence-electron chi connectivity index (χ2n) is 7.07. The standard InChI is InChI=1S/C21H27N5O5/c1-30-19(28)14-24-21(29)20-18(27)12-16(13-23-20)26-8-6-25(7-9-26)10-11-31-17-4-2-15(22)3-5-17/h2-5,12-13,27H,6-11,14,22H2,1H3,(H,24,29). The number of nitrogen functional groups attached to an aromatic ring is 1. The molecule has 166 valence electrons. The molecule has 10 nitrogen and oxygen atoms in total. The molecule has 1 amide bonds. The fraction of sp³-hybridized carbons (Fsp3) is 0.381. The van der Waals surface area contributed by atoms with Crippen LogP contribution in [0.2, 0.25) is 0 Å². The Hall–Kier alpha value is -3.53. The van der Waals surface area contributed by atoms with Gasteiger partial charge in [0.05, 0.1) is 19.0 Å². The van der Waals surface area contributed by atoms with Crippen molar-refractivity contribution in [3.8, 4) is 11.5 Å². The molecule has 0 aliphatic carbocycles. The number of anilines is 2. The number of rotatable bonds is 8. The third-order valence-corrected chi connectivity index (χ3v) is 4.98. The van der Waals surface area contributed by atoms with Crippen LogP contribution in [-0.2, 0) is 9.53 Å². The van der Waals surface area contributed by atoms with Gasteiger partial charge in [0, 0.05) is 44.5 Å². The zero-order chi connectivity index (χ0) is 22.2. The normalized spacial score (nSPS) is 14.2. The number of benzene rings is 1. The number of nitrogens with two attached hydrogens (primary N) is 1. The monoisotopic (exact) mass is 429 g/mol. The summed E-state index contributed by atoms with van der Waals surface area (Å²) in [6, 6.07) is 8.84. The van der Waals surface area contributed by atoms with Gasteiger partial charge in [-0.1, -0.05) is 0 Å². The smallest absolute Gasteiger partial charge is 0.325 e. The molecule has 1 aliphatic heterocycles. The molecule has 1 aromatic carbocycles. The summed E-state index contributed by atoms with van der Waals surface area (Å²) in [7, 11) is 1.23. The summed E-state index contributed by atoms with van der Waals surface area (Å²) in [6.45, 7) is 4.30. The van der Waals surface area contributed by atoms with Gasteiger partial charge in [-0.15, -0.1) is 0 Å². The van der Waals surface area contributed by atoms with Crippen LogP contribution in [-0.4, -0.2) is 79.9 Å². The lowest BCUT2D eigenvalue weighted by Gasteiger charge is -2.35. The number of piperazine rings is 1. The first-order valence-corrected chi connectivity index (χ1v) is 9.96. The number of pyridine rings is 1. The van der Waals surface area contributed by atoms with Crippen molar-refractivity contribution in [3.05, 3.63) is 42.2 Å². The van der Waals surface area contributed by atoms with E-state index in [1.807, 2.05) is 24.3 Å². The Morgan fingerprint density at radius 2 is 1.90 bits per heavy atom. The van der Waals surface area contributed by atoms with Crippen LogP contribution in [0.1, 0.15) is 10.5 Å². The van der Waals surface area contributed by atoms with E-state index in [0.29, 0.717) is 12.3 Å². The van der Waals surface area contributed by atoms with Gasteiger partial charge >= 0.3 is 5.97 Å². The van der Waals surface area contributed by atoms with E-state index in [1.54, 1.807) is 6.20 Å². The minimum Gasteiger partial charge on any atom is -0.505 e. The van der Waals surface area contributed by atoms with Crippen LogP contribution in [0.3, 0.4) is 0 Å². The Morgan fingerprint density at radius 3 is 2.55 bits per heavy atom. The second kappa shape index (κ2) is 10.5. The van der Waals surface area contributed by atoms with E-state index in [-0.39, 0.29) is 18.0 Å². The van der Waals surface area contributed by atoms with E-state index >= 15 is 0 Å². The summed E-state index contributed by atoms with van der Waals surface area (Å²) in [6.07, 6.45) is 1.55. The van der Waals surface area contributed by atoms with Crippen LogP contribution in [0.15, 0.2) is 36.5 Å². The van der Waals surface area contributed by atoms with Gasteiger partial charge in [-0.05, 0) is 24.3 Å². The van der Waals surface area contributed by atoms with E-state index in [1.165, 1.54) is 13.2 Å². The number of aromatic hydroxyl groups is 1. The maximum atomic E-state index is 12.1. The largest absolute Gasteiger partial charge is 0.505 e. The molecule has 31 heavy (non-hydrogen) atoms. The van der Waals surface area contributed by atoms with Crippen molar-refractivity contribution < 1.29 is 24.2 Å². The average Bonchev–Trinajstić information content (AvgIpc) is 2.79. The molecule has 4 N–H and O–H groups in total. The molecule has 3 rings (SSSR count). The van der Waals surface area contributed by atoms with Gasteiger partial charge in [0.25, 0.3) is 5.91 Å². The summed E-state index contributed by atoms with van der Waals surface area (Å²) in [4.78, 5) is 31.6. The first kappa shape index (κ1) is 22.2. The molecule has 1 fully saturated rings. The maximum absolute atomic E-state index is 12.1. The van der Waals surface area contributed by atoms with Crippen molar-refractivity contribution in [1.82, 2.24) is 15.2 Å². The Kier molecular flexibility index (Phi) is 7.50. The zero-order valence-electron chi connectivity index (χ0n) is 17.4. The highest BCUT2D eigenvalue weighted by Crippen LogP contribution is 2.23. The number of amides is 1. The van der Waals surface area contributed by atoms with Crippen molar-refractivity contribution in [3.63, 3.8) is 0 Å². The number of ether oxygens (including phenoxy) is 2. The third-order valence-electron chi connectivity index (χ3n) is 4.98. The highest BCUT2D eigenvalue weighted by atomic mass is 16.5. The quantitative estimate of drug-likeness (QED) is 0.405. The molecule has 2 aromatic rings. The fourth-order valence-corrected chi connectivity index (χ4v) is 3.19. The van der Waals surface area contributed by atoms with Crippen LogP contribution in [0.4, 0.5) is 11.4 Å². The summed E-state index contributed by atoms with van der Waals surface area (Å²) in [5.74, 6) is -0.661. The van der Waals surface area contributed by atoms with Gasteiger partial charge in [0.15, 0.2) is 5.69 Å². The number of esters is 1. The molecule has 1 aliphatic rings. The van der Waals surface area contributed by atoms with E-state index in [2.05, 4.69) is 24.8 Å². The van der Waals surface area contributed by atoms with Gasteiger partial charge in [-0.3, -0.25) is 14.5 Å². The van der Waals surface area contributed by atoms with Crippen molar-refractivity contribution in [2.75, 3.05) is 63.6 Å². The Morgan fingerprint density at radius 1 is 1.19 bits per heavy atom. The van der Waals surface area contributed by atoms with Crippen molar-refractivity contribution in [2.24, 2.45) is 0 Å². The summed E-state index contributed by atoms with van der Waals surface area (Å²) in [5.41, 5.74) is 6.98. The van der Waals surface area contributed by atoms with Crippen molar-refractivity contribution in [1.29, 1.82) is 0 Å². The number of nitrogens with one attached hydrogen (secondary N) is 1. The Labute approximate surface area is 180 Å². The summed E-state index contributed by atoms with van der Waals surface area (Å²) >= 11 is 0. The maximum Gasteiger partial charge on any atom is 0.325 e. The number of nitrogens with zero attached hydrogens (tertiary/aromatic N) is 3. The molecule has 0 bridgehead atoms. The number of carbonyl (C=O) groups excluding carboxylic acids is 2. The van der Waals surface area contributed by atoms with Crippen LogP contribution in [0.5, 0.6) is 11.5 Å². The number of hydrogen-bond acceptors (Lipinski definition) is 9. The number of hydrogen-bond donors (Lipinski definition) is 3. The van der Waals surface area contributed by atoms with Crippen molar-refractivity contribution in [2.45, 2.75) is 0 Å². The van der Waals surface area contributed by atoms with Crippen LogP contribution in [0, 0.1) is 0 Å². The number of aromatic nitrogens is 1. The molecule has 0 unspecified atom stereocenters. The number of carbonyl (C=O) groups is 2. The lowest BCUT2D eigenvalue weighted by molar-refractivity contribution is -0.139. The average molecular weight is 429 g/mol. The highest BCUT2D eigenvalue weighted by molar-refractivity contribution is 5.96. The molecule has 0 spiro atoms. The van der Waals surface area contributed by atoms with E-state index < -0.39 is 11.9 Å². The van der Waals surface area contributed by atoms with Gasteiger partial charge in [-0.25, -0.2) is 4.98 Å². The first-order valence-electron chi connectivity index (χ1n) is 9.96. The van der Waals surface area contributed by atoms with Crippen LogP contribution >= 0.6 is 0 Å². The predicted molar refractivity (Wildman–Crippen MR) is 115 cm³/mol. The minimum absolute atomic E-state index is 0.133. The molecule has 10 heteroatoms. The molecular weight excluding hydrogens is 402 g/mol. The second-order valence-corrected chi connectivity index (χ2v) is 7.07. The van der Waals surface area contributed by atoms with Crippen LogP contribution in [0.25, 0.3) is 0 Å². The summed E-state index contributed by atoms with van der Waals surface area (Å²) < 4.78 is 10.2. The molecule has 0 saturated carbocycles. The van der Waals surface area contributed by atoms with E-state index in [4.69, 9.17) is 10.5 Å². The Balaban J connectivity index is 1.45. The van der Waals surface area contributed by atoms with Crippen LogP contribution < -0.4 is 20.7 Å². The highest BCUT2D eigenvalue weighted by Gasteiger charge is 2.20. The number of methoxy groups -OCH3 is 1. The zero-order valence-corrected chi connectivity index (χ0v) is 17.4. The lowest BCUT2D eigenvalue weighted by atomic mass is 10.2. The summed E-state index contributed by atoms with van der Waals surface area (Å²) in [5, 5.41) is 12.6. The van der Waals surface area contributed by atoms with E-state index in [9.17, 15) is 14.7 Å². The third kappa shape index (κ3) is 6.22. The molecule has 0 atom stereocenters. The van der Waals surface area contributed by atoms with Crippen molar-refractivity contribution >= 4 is 23.3 Å². The topological polar surface area (TPSA) is 130 Å². The van der Waals surface area contributed by atoms with E-state index in [0.717, 1.165) is 44.2 Å². The molecular formula is C21H27N5O5. The fourth-order valence-electron chi connectivity index (χ4n) is 3.19.